The van der Waals surface area contributed by atoms with Crippen LogP contribution in [-0.4, -0.2) is 71.7 Å². The lowest BCUT2D eigenvalue weighted by atomic mass is 9.95. The van der Waals surface area contributed by atoms with E-state index in [0.717, 1.165) is 18.4 Å². The summed E-state index contributed by atoms with van der Waals surface area (Å²) in [5.41, 5.74) is 1.44. The van der Waals surface area contributed by atoms with Gasteiger partial charge in [0.2, 0.25) is 11.7 Å². The molecule has 1 saturated heterocycles. The largest absolute Gasteiger partial charge is 0.496 e. The molecule has 1 N–H and O–H groups in total. The number of hydrogen-bond acceptors (Lipinski definition) is 6. The van der Waals surface area contributed by atoms with Crippen molar-refractivity contribution < 1.29 is 19.1 Å². The van der Waals surface area contributed by atoms with Crippen molar-refractivity contribution in [3.63, 3.8) is 0 Å². The standard InChI is InChI=1S/C22H26N4O4/c1-14-13-25(21(28)15-6-4-3-5-7-15)10-11-26(14)22(29)19(27)16-12-24-20-18(16)17(30-2)8-9-23-20/h3-4,6,8-9,14,16H,5,7,10-13H2,1-2H3,(H,23,24)/t14-,16?/m1/s1. The van der Waals surface area contributed by atoms with Crippen molar-refractivity contribution in [1.82, 2.24) is 14.8 Å². The molecule has 2 aliphatic heterocycles. The summed E-state index contributed by atoms with van der Waals surface area (Å²) >= 11 is 0. The van der Waals surface area contributed by atoms with E-state index in [1.165, 1.54) is 7.11 Å². The Morgan fingerprint density at radius 2 is 2.10 bits per heavy atom. The van der Waals surface area contributed by atoms with Crippen LogP contribution in [0.15, 0.2) is 36.1 Å². The molecule has 2 amide bonds. The number of carbonyl (C=O) groups is 3. The van der Waals surface area contributed by atoms with Gasteiger partial charge in [0.05, 0.1) is 13.0 Å². The van der Waals surface area contributed by atoms with Crippen LogP contribution in [0.5, 0.6) is 5.75 Å². The number of methoxy groups -OCH3 is 1. The molecule has 1 aliphatic carbocycles. The molecule has 3 heterocycles. The summed E-state index contributed by atoms with van der Waals surface area (Å²) in [6.45, 7) is 3.39. The fraction of sp³-hybridized carbons (Fsp3) is 0.455. The molecule has 8 heteroatoms. The summed E-state index contributed by atoms with van der Waals surface area (Å²) in [6.07, 6.45) is 9.04. The Bertz CT molecular complexity index is 939. The van der Waals surface area contributed by atoms with E-state index in [-0.39, 0.29) is 11.9 Å². The molecular weight excluding hydrogens is 384 g/mol. The fourth-order valence-electron chi connectivity index (χ4n) is 4.35. The van der Waals surface area contributed by atoms with Crippen LogP contribution < -0.4 is 10.1 Å². The maximum absolute atomic E-state index is 13.1. The Balaban J connectivity index is 1.44. The number of piperazine rings is 1. The maximum Gasteiger partial charge on any atom is 0.291 e. The van der Waals surface area contributed by atoms with Gasteiger partial charge in [-0.1, -0.05) is 18.2 Å². The molecule has 3 aliphatic rings. The van der Waals surface area contributed by atoms with Crippen molar-refractivity contribution >= 4 is 23.4 Å². The van der Waals surface area contributed by atoms with Gasteiger partial charge in [-0.05, 0) is 25.8 Å². The summed E-state index contributed by atoms with van der Waals surface area (Å²) < 4.78 is 5.37. The molecule has 0 bridgehead atoms. The van der Waals surface area contributed by atoms with Gasteiger partial charge in [0.15, 0.2) is 0 Å². The lowest BCUT2D eigenvalue weighted by Gasteiger charge is -2.40. The van der Waals surface area contributed by atoms with Crippen LogP contribution in [0, 0.1) is 0 Å². The van der Waals surface area contributed by atoms with E-state index in [1.807, 2.05) is 25.2 Å². The maximum atomic E-state index is 13.1. The lowest BCUT2D eigenvalue weighted by molar-refractivity contribution is -0.149. The summed E-state index contributed by atoms with van der Waals surface area (Å²) in [4.78, 5) is 46.5. The third-order valence-electron chi connectivity index (χ3n) is 5.98. The van der Waals surface area contributed by atoms with Gasteiger partial charge in [0.1, 0.15) is 11.6 Å². The average molecular weight is 410 g/mol. The minimum Gasteiger partial charge on any atom is -0.496 e. The van der Waals surface area contributed by atoms with Crippen molar-refractivity contribution in [2.75, 3.05) is 38.6 Å². The van der Waals surface area contributed by atoms with Crippen molar-refractivity contribution in [3.8, 4) is 5.75 Å². The first-order valence-corrected chi connectivity index (χ1v) is 10.3. The van der Waals surface area contributed by atoms with E-state index >= 15 is 0 Å². The van der Waals surface area contributed by atoms with Crippen molar-refractivity contribution in [1.29, 1.82) is 0 Å². The van der Waals surface area contributed by atoms with E-state index in [9.17, 15) is 14.4 Å². The van der Waals surface area contributed by atoms with Gasteiger partial charge < -0.3 is 19.9 Å². The first-order chi connectivity index (χ1) is 14.5. The van der Waals surface area contributed by atoms with Gasteiger partial charge in [-0.25, -0.2) is 4.98 Å². The molecule has 1 fully saturated rings. The smallest absolute Gasteiger partial charge is 0.291 e. The Hall–Kier alpha value is -3.16. The molecule has 1 aromatic rings. The minimum absolute atomic E-state index is 0.0226. The Kier molecular flexibility index (Phi) is 5.57. The number of rotatable bonds is 4. The van der Waals surface area contributed by atoms with Gasteiger partial charge >= 0.3 is 0 Å². The molecular formula is C22H26N4O4. The third-order valence-corrected chi connectivity index (χ3v) is 5.98. The van der Waals surface area contributed by atoms with Crippen LogP contribution in [0.2, 0.25) is 0 Å². The number of nitrogens with one attached hydrogen (secondary N) is 1. The number of ketones is 1. The molecule has 1 aromatic heterocycles. The molecule has 1 unspecified atom stereocenters. The number of hydrogen-bond donors (Lipinski definition) is 1. The molecule has 158 valence electrons. The normalized spacial score (nSPS) is 22.8. The number of carbonyl (C=O) groups excluding carboxylic acids is 3. The fourth-order valence-corrected chi connectivity index (χ4v) is 4.35. The van der Waals surface area contributed by atoms with Crippen LogP contribution in [0.25, 0.3) is 0 Å². The second-order valence-electron chi connectivity index (χ2n) is 7.83. The van der Waals surface area contributed by atoms with E-state index in [4.69, 9.17) is 4.74 Å². The monoisotopic (exact) mass is 410 g/mol. The van der Waals surface area contributed by atoms with Gasteiger partial charge in [-0.15, -0.1) is 0 Å². The summed E-state index contributed by atoms with van der Waals surface area (Å²) in [5, 5.41) is 3.09. The SMILES string of the molecule is COc1ccnc2c1C(C(=O)C(=O)N1CCN(C(=O)C3=CC=CCC3)C[C@H]1C)CN2. The number of amides is 2. The zero-order chi connectivity index (χ0) is 21.3. The Morgan fingerprint density at radius 1 is 1.27 bits per heavy atom. The molecule has 30 heavy (non-hydrogen) atoms. The summed E-state index contributed by atoms with van der Waals surface area (Å²) in [7, 11) is 1.53. The van der Waals surface area contributed by atoms with Crippen molar-refractivity contribution in [2.45, 2.75) is 31.7 Å². The summed E-state index contributed by atoms with van der Waals surface area (Å²) in [6, 6.07) is 1.46. The van der Waals surface area contributed by atoms with E-state index in [0.29, 0.717) is 43.3 Å². The number of ether oxygens (including phenoxy) is 1. The molecule has 4 rings (SSSR count). The molecule has 0 saturated carbocycles. The van der Waals surface area contributed by atoms with Gasteiger partial charge in [-0.3, -0.25) is 14.4 Å². The predicted octanol–water partition coefficient (Wildman–Crippen LogP) is 1.50. The number of fused-ring (bicyclic) bond motifs is 1. The zero-order valence-electron chi connectivity index (χ0n) is 17.3. The van der Waals surface area contributed by atoms with Crippen LogP contribution in [0.1, 0.15) is 31.2 Å². The Labute approximate surface area is 175 Å². The molecule has 0 radical (unpaired) electrons. The first kappa shape index (κ1) is 20.1. The highest BCUT2D eigenvalue weighted by molar-refractivity contribution is 6.38. The average Bonchev–Trinajstić information content (AvgIpc) is 3.22. The number of aromatic nitrogens is 1. The molecule has 0 spiro atoms. The van der Waals surface area contributed by atoms with Gasteiger partial charge in [-0.2, -0.15) is 0 Å². The van der Waals surface area contributed by atoms with Crippen molar-refractivity contribution in [2.24, 2.45) is 0 Å². The minimum atomic E-state index is -0.623. The van der Waals surface area contributed by atoms with Crippen LogP contribution in [0.4, 0.5) is 5.82 Å². The highest BCUT2D eigenvalue weighted by Crippen LogP contribution is 2.37. The van der Waals surface area contributed by atoms with Gasteiger partial charge in [0, 0.05) is 49.6 Å². The highest BCUT2D eigenvalue weighted by atomic mass is 16.5. The third kappa shape index (κ3) is 3.58. The van der Waals surface area contributed by atoms with E-state index in [2.05, 4.69) is 10.3 Å². The van der Waals surface area contributed by atoms with Crippen LogP contribution in [0.3, 0.4) is 0 Å². The number of anilines is 1. The van der Waals surface area contributed by atoms with Gasteiger partial charge in [0.25, 0.3) is 5.91 Å². The highest BCUT2D eigenvalue weighted by Gasteiger charge is 2.40. The number of allylic oxidation sites excluding steroid dienone is 3. The zero-order valence-corrected chi connectivity index (χ0v) is 17.3. The van der Waals surface area contributed by atoms with E-state index < -0.39 is 17.6 Å². The summed E-state index contributed by atoms with van der Waals surface area (Å²) in [5.74, 6) is -0.455. The second-order valence-corrected chi connectivity index (χ2v) is 7.83. The molecule has 0 aromatic carbocycles. The number of pyridine rings is 1. The van der Waals surface area contributed by atoms with Crippen molar-refractivity contribution in [3.05, 3.63) is 41.6 Å². The predicted molar refractivity (Wildman–Crippen MR) is 111 cm³/mol. The molecule has 2 atom stereocenters. The van der Waals surface area contributed by atoms with E-state index in [1.54, 1.807) is 22.1 Å². The number of Topliss-reactive ketones (excluding diaryl/α,β-unsaturated/α-hetero) is 1. The lowest BCUT2D eigenvalue weighted by Crippen LogP contribution is -2.57. The number of nitrogens with zero attached hydrogens (tertiary/aromatic N) is 3. The van der Waals surface area contributed by atoms with Crippen LogP contribution in [-0.2, 0) is 14.4 Å². The molecule has 8 nitrogen and oxygen atoms in total. The first-order valence-electron chi connectivity index (χ1n) is 10.3. The van der Waals surface area contributed by atoms with Crippen LogP contribution >= 0.6 is 0 Å². The topological polar surface area (TPSA) is 91.8 Å². The quantitative estimate of drug-likeness (QED) is 0.757. The second kappa shape index (κ2) is 8.30. The Morgan fingerprint density at radius 3 is 2.80 bits per heavy atom.